The van der Waals surface area contributed by atoms with Crippen molar-refractivity contribution in [3.63, 3.8) is 0 Å². The lowest BCUT2D eigenvalue weighted by Gasteiger charge is -2.08. The second kappa shape index (κ2) is 10.7. The van der Waals surface area contributed by atoms with E-state index >= 15 is 0 Å². The molecule has 6 N–H and O–H groups in total. The van der Waals surface area contributed by atoms with Crippen LogP contribution in [0.4, 0.5) is 0 Å². The number of amides is 2. The molecular formula is C10H18N4O6. The minimum atomic E-state index is -1.05. The van der Waals surface area contributed by atoms with Gasteiger partial charge in [-0.15, -0.1) is 0 Å². The van der Waals surface area contributed by atoms with Gasteiger partial charge in [0.15, 0.2) is 0 Å². The van der Waals surface area contributed by atoms with Gasteiger partial charge in [-0.1, -0.05) is 0 Å². The maximum absolute atomic E-state index is 11.1. The summed E-state index contributed by atoms with van der Waals surface area (Å²) in [6, 6.07) is 0. The van der Waals surface area contributed by atoms with Gasteiger partial charge in [0.2, 0.25) is 11.8 Å². The Bertz CT molecular complexity index is 326. The van der Waals surface area contributed by atoms with E-state index in [1.165, 1.54) is 0 Å². The zero-order chi connectivity index (χ0) is 15.4. The fourth-order valence-corrected chi connectivity index (χ4v) is 1.01. The van der Waals surface area contributed by atoms with Gasteiger partial charge in [0.1, 0.15) is 0 Å². The fraction of sp³-hybridized carbons (Fsp3) is 0.600. The first-order valence-electron chi connectivity index (χ1n) is 5.89. The molecule has 0 bridgehead atoms. The predicted molar refractivity (Wildman–Crippen MR) is 66.0 cm³/mol. The van der Waals surface area contributed by atoms with E-state index in [0.29, 0.717) is 0 Å². The number of aliphatic carboxylic acids is 2. The molecule has 0 rings (SSSR count). The zero-order valence-electron chi connectivity index (χ0n) is 10.8. The van der Waals surface area contributed by atoms with Crippen LogP contribution in [0.2, 0.25) is 0 Å². The first-order chi connectivity index (χ1) is 9.41. The molecule has 0 unspecified atom stereocenters. The Morgan fingerprint density at radius 2 is 1.00 bits per heavy atom. The van der Waals surface area contributed by atoms with Crippen LogP contribution in [0.1, 0.15) is 25.7 Å². The topological polar surface area (TPSA) is 157 Å². The van der Waals surface area contributed by atoms with Crippen molar-refractivity contribution in [1.29, 1.82) is 0 Å². The normalized spacial score (nSPS) is 9.80. The minimum Gasteiger partial charge on any atom is -0.481 e. The van der Waals surface area contributed by atoms with Crippen LogP contribution >= 0.6 is 0 Å². The molecule has 10 heteroatoms. The monoisotopic (exact) mass is 290 g/mol. The maximum Gasteiger partial charge on any atom is 0.303 e. The quantitative estimate of drug-likeness (QED) is 0.188. The predicted octanol–water partition coefficient (Wildman–Crippen LogP) is -2.04. The van der Waals surface area contributed by atoms with E-state index in [4.69, 9.17) is 10.2 Å². The molecule has 0 saturated carbocycles. The van der Waals surface area contributed by atoms with Gasteiger partial charge in [-0.25, -0.2) is 10.9 Å². The summed E-state index contributed by atoms with van der Waals surface area (Å²) >= 11 is 0. The third-order valence-electron chi connectivity index (χ3n) is 1.96. The average molecular weight is 290 g/mol. The molecule has 0 heterocycles. The smallest absolute Gasteiger partial charge is 0.303 e. The molecule has 0 fully saturated rings. The fourth-order valence-electron chi connectivity index (χ4n) is 1.01. The highest BCUT2D eigenvalue weighted by Crippen LogP contribution is 1.87. The maximum atomic E-state index is 11.1. The molecule has 0 atom stereocenters. The summed E-state index contributed by atoms with van der Waals surface area (Å²) in [6.07, 6.45) is -0.736. The van der Waals surface area contributed by atoms with Crippen LogP contribution < -0.4 is 21.7 Å². The number of hydrogen-bond donors (Lipinski definition) is 6. The van der Waals surface area contributed by atoms with Crippen molar-refractivity contribution in [3.8, 4) is 0 Å². The van der Waals surface area contributed by atoms with Gasteiger partial charge in [0.05, 0.1) is 12.8 Å². The first-order valence-corrected chi connectivity index (χ1v) is 5.89. The lowest BCUT2D eigenvalue weighted by Crippen LogP contribution is -2.45. The minimum absolute atomic E-state index is 0.123. The van der Waals surface area contributed by atoms with Gasteiger partial charge in [0, 0.05) is 25.9 Å². The number of nitrogens with one attached hydrogen (secondary N) is 4. The molecule has 0 aromatic rings. The lowest BCUT2D eigenvalue weighted by atomic mass is 10.3. The van der Waals surface area contributed by atoms with E-state index in [0.717, 1.165) is 0 Å². The number of carbonyl (C=O) groups is 4. The van der Waals surface area contributed by atoms with E-state index in [2.05, 4.69) is 21.7 Å². The molecule has 0 spiro atoms. The Labute approximate surface area is 114 Å². The zero-order valence-corrected chi connectivity index (χ0v) is 10.8. The summed E-state index contributed by atoms with van der Waals surface area (Å²) in [5.41, 5.74) is 9.63. The van der Waals surface area contributed by atoms with Gasteiger partial charge in [-0.3, -0.25) is 30.0 Å². The summed E-state index contributed by atoms with van der Waals surface area (Å²) in [6.45, 7) is 0.579. The third-order valence-corrected chi connectivity index (χ3v) is 1.96. The summed E-state index contributed by atoms with van der Waals surface area (Å²) < 4.78 is 0. The standard InChI is InChI=1S/C10H18N4O6/c15-7(1-3-9(17)18)13-11-5-6-12-14-8(16)2-4-10(19)20/h11-12H,1-6H2,(H,13,15)(H,14,16)(H,17,18)(H,19,20). The Balaban J connectivity index is 3.39. The number of hydrazine groups is 2. The Morgan fingerprint density at radius 3 is 1.30 bits per heavy atom. The molecule has 0 saturated heterocycles. The molecule has 0 aliphatic carbocycles. The van der Waals surface area contributed by atoms with Gasteiger partial charge in [-0.2, -0.15) is 0 Å². The molecule has 114 valence electrons. The van der Waals surface area contributed by atoms with E-state index in [-0.39, 0.29) is 38.8 Å². The van der Waals surface area contributed by atoms with Crippen LogP contribution in [-0.2, 0) is 19.2 Å². The van der Waals surface area contributed by atoms with E-state index in [1.54, 1.807) is 0 Å². The van der Waals surface area contributed by atoms with Crippen molar-refractivity contribution < 1.29 is 29.4 Å². The number of hydrogen-bond acceptors (Lipinski definition) is 6. The Morgan fingerprint density at radius 1 is 0.650 bits per heavy atom. The van der Waals surface area contributed by atoms with Gasteiger partial charge in [-0.05, 0) is 0 Å². The van der Waals surface area contributed by atoms with Crippen molar-refractivity contribution >= 4 is 23.8 Å². The van der Waals surface area contributed by atoms with E-state index in [1.807, 2.05) is 0 Å². The molecule has 0 aliphatic heterocycles. The molecule has 0 radical (unpaired) electrons. The van der Waals surface area contributed by atoms with Gasteiger partial charge < -0.3 is 10.2 Å². The van der Waals surface area contributed by atoms with Crippen molar-refractivity contribution in [2.45, 2.75) is 25.7 Å². The second-order valence-corrected chi connectivity index (χ2v) is 3.74. The number of carboxylic acid groups (broad SMARTS) is 2. The number of carbonyl (C=O) groups excluding carboxylic acids is 2. The highest BCUT2D eigenvalue weighted by Gasteiger charge is 2.05. The van der Waals surface area contributed by atoms with Crippen molar-refractivity contribution in [1.82, 2.24) is 21.7 Å². The number of rotatable bonds is 11. The molecule has 10 nitrogen and oxygen atoms in total. The van der Waals surface area contributed by atoms with E-state index in [9.17, 15) is 19.2 Å². The SMILES string of the molecule is O=C(O)CCC(=O)NNCCNNC(=O)CCC(=O)O. The van der Waals surface area contributed by atoms with Crippen LogP contribution in [-0.4, -0.2) is 47.1 Å². The van der Waals surface area contributed by atoms with Crippen LogP contribution in [0.15, 0.2) is 0 Å². The second-order valence-electron chi connectivity index (χ2n) is 3.74. The van der Waals surface area contributed by atoms with Crippen molar-refractivity contribution in [2.24, 2.45) is 0 Å². The molecule has 0 aromatic carbocycles. The van der Waals surface area contributed by atoms with Crippen LogP contribution in [0.3, 0.4) is 0 Å². The molecule has 0 aliphatic rings. The van der Waals surface area contributed by atoms with Gasteiger partial charge in [0.25, 0.3) is 0 Å². The first kappa shape index (κ1) is 17.8. The summed E-state index contributed by atoms with van der Waals surface area (Å²) in [4.78, 5) is 42.5. The summed E-state index contributed by atoms with van der Waals surface area (Å²) in [5.74, 6) is -2.99. The average Bonchev–Trinajstić information content (AvgIpc) is 2.37. The molecular weight excluding hydrogens is 272 g/mol. The van der Waals surface area contributed by atoms with Crippen molar-refractivity contribution in [3.05, 3.63) is 0 Å². The van der Waals surface area contributed by atoms with Crippen LogP contribution in [0.25, 0.3) is 0 Å². The highest BCUT2D eigenvalue weighted by molar-refractivity contribution is 5.80. The molecule has 20 heavy (non-hydrogen) atoms. The molecule has 0 aromatic heterocycles. The molecule has 2 amide bonds. The van der Waals surface area contributed by atoms with Crippen LogP contribution in [0.5, 0.6) is 0 Å². The van der Waals surface area contributed by atoms with Crippen molar-refractivity contribution in [2.75, 3.05) is 13.1 Å². The lowest BCUT2D eigenvalue weighted by molar-refractivity contribution is -0.139. The van der Waals surface area contributed by atoms with E-state index < -0.39 is 23.8 Å². The third kappa shape index (κ3) is 12.3. The van der Waals surface area contributed by atoms with Crippen LogP contribution in [0, 0.1) is 0 Å². The summed E-state index contributed by atoms with van der Waals surface area (Å²) in [7, 11) is 0. The highest BCUT2D eigenvalue weighted by atomic mass is 16.4. The Hall–Kier alpha value is -2.20. The van der Waals surface area contributed by atoms with Gasteiger partial charge >= 0.3 is 11.9 Å². The Kier molecular flexibility index (Phi) is 9.52. The number of carboxylic acids is 2. The largest absolute Gasteiger partial charge is 0.481 e. The summed E-state index contributed by atoms with van der Waals surface area (Å²) in [5, 5.41) is 16.7.